The van der Waals surface area contributed by atoms with Crippen LogP contribution >= 0.6 is 0 Å². The van der Waals surface area contributed by atoms with Gasteiger partial charge in [-0.2, -0.15) is 4.98 Å². The number of aryl methyl sites for hydroxylation is 1. The molecule has 104 valence electrons. The van der Waals surface area contributed by atoms with Crippen LogP contribution in [-0.2, 0) is 4.74 Å². The summed E-state index contributed by atoms with van der Waals surface area (Å²) >= 11 is 0. The Morgan fingerprint density at radius 3 is 3.16 bits per heavy atom. The largest absolute Gasteiger partial charge is 0.374 e. The van der Waals surface area contributed by atoms with Crippen LogP contribution in [-0.4, -0.2) is 41.8 Å². The monoisotopic (exact) mass is 262 g/mol. The summed E-state index contributed by atoms with van der Waals surface area (Å²) in [6.07, 6.45) is 4.05. The molecular weight excluding hydrogens is 240 g/mol. The van der Waals surface area contributed by atoms with E-state index in [4.69, 9.17) is 4.74 Å². The first kappa shape index (κ1) is 12.7. The van der Waals surface area contributed by atoms with Crippen molar-refractivity contribution in [2.45, 2.75) is 45.3 Å². The van der Waals surface area contributed by atoms with E-state index in [1.807, 2.05) is 6.92 Å². The van der Waals surface area contributed by atoms with Crippen molar-refractivity contribution in [1.82, 2.24) is 9.97 Å². The van der Waals surface area contributed by atoms with Gasteiger partial charge < -0.3 is 15.0 Å². The predicted molar refractivity (Wildman–Crippen MR) is 75.7 cm³/mol. The zero-order valence-electron chi connectivity index (χ0n) is 11.7. The molecule has 1 N–H and O–H groups in total. The number of morpholine rings is 1. The molecule has 0 radical (unpaired) electrons. The lowest BCUT2D eigenvalue weighted by molar-refractivity contribution is 0.0253. The molecule has 3 rings (SSSR count). The summed E-state index contributed by atoms with van der Waals surface area (Å²) in [5.74, 6) is 1.78. The molecule has 0 spiro atoms. The van der Waals surface area contributed by atoms with Crippen molar-refractivity contribution in [2.75, 3.05) is 29.9 Å². The average Bonchev–Trinajstić information content (AvgIpc) is 2.86. The van der Waals surface area contributed by atoms with Gasteiger partial charge in [-0.05, 0) is 33.1 Å². The third-order valence-corrected chi connectivity index (χ3v) is 3.95. The van der Waals surface area contributed by atoms with Crippen LogP contribution in [0.15, 0.2) is 6.07 Å². The topological polar surface area (TPSA) is 50.3 Å². The summed E-state index contributed by atoms with van der Waals surface area (Å²) in [6, 6.07) is 2.58. The van der Waals surface area contributed by atoms with Crippen molar-refractivity contribution >= 4 is 11.8 Å². The summed E-state index contributed by atoms with van der Waals surface area (Å²) in [6.45, 7) is 6.67. The fraction of sp³-hybridized carbons (Fsp3) is 0.714. The maximum atomic E-state index is 5.86. The molecule has 1 saturated carbocycles. The van der Waals surface area contributed by atoms with Gasteiger partial charge in [0, 0.05) is 24.8 Å². The molecule has 0 bridgehead atoms. The summed E-state index contributed by atoms with van der Waals surface area (Å²) in [5, 5.41) is 3.21. The number of aromatic nitrogens is 2. The molecule has 2 heterocycles. The van der Waals surface area contributed by atoms with Crippen molar-refractivity contribution in [1.29, 1.82) is 0 Å². The van der Waals surface area contributed by atoms with Crippen LogP contribution in [0.2, 0.25) is 0 Å². The lowest BCUT2D eigenvalue weighted by atomic mass is 10.1. The smallest absolute Gasteiger partial charge is 0.224 e. The van der Waals surface area contributed by atoms with Crippen LogP contribution in [0.4, 0.5) is 11.8 Å². The molecule has 5 nitrogen and oxygen atoms in total. The molecule has 1 aromatic heterocycles. The minimum atomic E-state index is 0.395. The van der Waals surface area contributed by atoms with Crippen LogP contribution in [0.3, 0.4) is 0 Å². The minimum Gasteiger partial charge on any atom is -0.374 e. The molecule has 2 aliphatic rings. The van der Waals surface area contributed by atoms with Gasteiger partial charge in [-0.1, -0.05) is 0 Å². The second-order valence-electron chi connectivity index (χ2n) is 5.32. The summed E-state index contributed by atoms with van der Waals surface area (Å²) < 4.78 is 5.86. The molecule has 1 aromatic rings. The SMILES string of the molecule is CCNc1nc(C)cc(N2CCOC3CCCC32)n1. The van der Waals surface area contributed by atoms with Crippen molar-refractivity contribution in [3.8, 4) is 0 Å². The summed E-state index contributed by atoms with van der Waals surface area (Å²) in [4.78, 5) is 11.5. The van der Waals surface area contributed by atoms with Crippen molar-refractivity contribution < 1.29 is 4.74 Å². The van der Waals surface area contributed by atoms with Crippen LogP contribution in [0.25, 0.3) is 0 Å². The molecular formula is C14H22N4O. The second kappa shape index (κ2) is 5.33. The van der Waals surface area contributed by atoms with Gasteiger partial charge in [0.05, 0.1) is 18.8 Å². The maximum Gasteiger partial charge on any atom is 0.224 e. The Kier molecular flexibility index (Phi) is 3.55. The molecule has 2 fully saturated rings. The zero-order valence-corrected chi connectivity index (χ0v) is 11.7. The first-order chi connectivity index (χ1) is 9.28. The van der Waals surface area contributed by atoms with E-state index in [2.05, 4.69) is 33.2 Å². The van der Waals surface area contributed by atoms with Gasteiger partial charge in [0.15, 0.2) is 0 Å². The van der Waals surface area contributed by atoms with Crippen molar-refractivity contribution in [3.05, 3.63) is 11.8 Å². The normalized spacial score (nSPS) is 26.3. The Labute approximate surface area is 114 Å². The third kappa shape index (κ3) is 2.52. The highest BCUT2D eigenvalue weighted by Gasteiger charge is 2.36. The second-order valence-corrected chi connectivity index (χ2v) is 5.32. The van der Waals surface area contributed by atoms with Crippen LogP contribution < -0.4 is 10.2 Å². The molecule has 2 unspecified atom stereocenters. The van der Waals surface area contributed by atoms with Crippen LogP contribution in [0, 0.1) is 6.92 Å². The molecule has 1 aliphatic carbocycles. The van der Waals surface area contributed by atoms with Crippen molar-refractivity contribution in [2.24, 2.45) is 0 Å². The Morgan fingerprint density at radius 1 is 1.42 bits per heavy atom. The van der Waals surface area contributed by atoms with E-state index < -0.39 is 0 Å². The Balaban J connectivity index is 1.87. The van der Waals surface area contributed by atoms with E-state index in [9.17, 15) is 0 Å². The Bertz CT molecular complexity index is 451. The fourth-order valence-corrected chi connectivity index (χ4v) is 3.15. The van der Waals surface area contributed by atoms with Crippen molar-refractivity contribution in [3.63, 3.8) is 0 Å². The number of fused-ring (bicyclic) bond motifs is 1. The Morgan fingerprint density at radius 2 is 2.32 bits per heavy atom. The van der Waals surface area contributed by atoms with Gasteiger partial charge in [-0.25, -0.2) is 4.98 Å². The van der Waals surface area contributed by atoms with Gasteiger partial charge in [-0.3, -0.25) is 0 Å². The first-order valence-electron chi connectivity index (χ1n) is 7.25. The summed E-state index contributed by atoms with van der Waals surface area (Å²) in [7, 11) is 0. The molecule has 0 amide bonds. The molecule has 19 heavy (non-hydrogen) atoms. The Hall–Kier alpha value is -1.36. The number of ether oxygens (including phenoxy) is 1. The van der Waals surface area contributed by atoms with Gasteiger partial charge in [0.25, 0.3) is 0 Å². The number of hydrogen-bond donors (Lipinski definition) is 1. The highest BCUT2D eigenvalue weighted by Crippen LogP contribution is 2.32. The molecule has 0 aromatic carbocycles. The maximum absolute atomic E-state index is 5.86. The van der Waals surface area contributed by atoms with E-state index in [-0.39, 0.29) is 0 Å². The highest BCUT2D eigenvalue weighted by molar-refractivity contribution is 5.46. The van der Waals surface area contributed by atoms with E-state index >= 15 is 0 Å². The number of anilines is 2. The zero-order chi connectivity index (χ0) is 13.2. The molecule has 1 aliphatic heterocycles. The third-order valence-electron chi connectivity index (χ3n) is 3.95. The highest BCUT2D eigenvalue weighted by atomic mass is 16.5. The minimum absolute atomic E-state index is 0.395. The van der Waals surface area contributed by atoms with Gasteiger partial charge >= 0.3 is 0 Å². The molecule has 5 heteroatoms. The van der Waals surface area contributed by atoms with E-state index in [1.54, 1.807) is 0 Å². The number of hydrogen-bond acceptors (Lipinski definition) is 5. The number of nitrogens with one attached hydrogen (secondary N) is 1. The van der Waals surface area contributed by atoms with E-state index in [0.717, 1.165) is 37.2 Å². The standard InChI is InChI=1S/C14H22N4O/c1-3-15-14-16-10(2)9-13(17-14)18-7-8-19-12-6-4-5-11(12)18/h9,11-12H,3-8H2,1-2H3,(H,15,16,17). The lowest BCUT2D eigenvalue weighted by Gasteiger charge is -2.38. The van der Waals surface area contributed by atoms with E-state index in [0.29, 0.717) is 12.1 Å². The summed E-state index contributed by atoms with van der Waals surface area (Å²) in [5.41, 5.74) is 1.02. The molecule has 1 saturated heterocycles. The average molecular weight is 262 g/mol. The number of rotatable bonds is 3. The molecule has 2 atom stereocenters. The van der Waals surface area contributed by atoms with Crippen LogP contribution in [0.5, 0.6) is 0 Å². The predicted octanol–water partition coefficient (Wildman–Crippen LogP) is 1.97. The van der Waals surface area contributed by atoms with Crippen LogP contribution in [0.1, 0.15) is 31.9 Å². The quantitative estimate of drug-likeness (QED) is 0.902. The number of nitrogens with zero attached hydrogens (tertiary/aromatic N) is 3. The van der Waals surface area contributed by atoms with Gasteiger partial charge in [0.1, 0.15) is 5.82 Å². The van der Waals surface area contributed by atoms with Gasteiger partial charge in [0.2, 0.25) is 5.95 Å². The van der Waals surface area contributed by atoms with E-state index in [1.165, 1.54) is 19.3 Å². The first-order valence-corrected chi connectivity index (χ1v) is 7.25. The lowest BCUT2D eigenvalue weighted by Crippen LogP contribution is -2.49. The van der Waals surface area contributed by atoms with Gasteiger partial charge in [-0.15, -0.1) is 0 Å². The fourth-order valence-electron chi connectivity index (χ4n) is 3.15.